The summed E-state index contributed by atoms with van der Waals surface area (Å²) in [5, 5.41) is 2.47. The number of amides is 1. The summed E-state index contributed by atoms with van der Waals surface area (Å²) >= 11 is 0. The molecule has 0 bridgehead atoms. The molecule has 0 spiro atoms. The fourth-order valence-corrected chi connectivity index (χ4v) is 1.43. The molecule has 0 unspecified atom stereocenters. The van der Waals surface area contributed by atoms with Crippen LogP contribution in [0.4, 0.5) is 5.69 Å². The van der Waals surface area contributed by atoms with Crippen molar-refractivity contribution >= 4 is 17.6 Å². The van der Waals surface area contributed by atoms with Gasteiger partial charge in [0.1, 0.15) is 12.2 Å². The number of nitrogens with two attached hydrogens (primary N) is 1. The van der Waals surface area contributed by atoms with Crippen LogP contribution in [0.1, 0.15) is 30.4 Å². The molecule has 6 heteroatoms. The van der Waals surface area contributed by atoms with Gasteiger partial charge in [-0.2, -0.15) is 0 Å². The maximum atomic E-state index is 11.8. The molecule has 3 N–H and O–H groups in total. The lowest BCUT2D eigenvalue weighted by Crippen LogP contribution is -2.31. The molecule has 0 aliphatic carbocycles. The number of nitrogen functional groups attached to an aromatic ring is 1. The van der Waals surface area contributed by atoms with Crippen molar-refractivity contribution in [2.75, 3.05) is 19.4 Å². The lowest BCUT2D eigenvalue weighted by Gasteiger charge is -2.12. The Balaban J connectivity index is 2.78. The van der Waals surface area contributed by atoms with Gasteiger partial charge in [-0.3, -0.25) is 9.59 Å². The summed E-state index contributed by atoms with van der Waals surface area (Å²) in [5.74, 6) is -0.838. The van der Waals surface area contributed by atoms with E-state index in [2.05, 4.69) is 10.1 Å². The first-order valence-corrected chi connectivity index (χ1v) is 5.28. The highest BCUT2D eigenvalue weighted by Gasteiger charge is 2.15. The minimum atomic E-state index is -0.492. The van der Waals surface area contributed by atoms with Crippen LogP contribution >= 0.6 is 0 Å². The first-order chi connectivity index (χ1) is 7.95. The Morgan fingerprint density at radius 3 is 2.71 bits per heavy atom. The summed E-state index contributed by atoms with van der Waals surface area (Å²) in [6.45, 7) is 3.73. The number of rotatable bonds is 4. The van der Waals surface area contributed by atoms with E-state index < -0.39 is 5.97 Å². The predicted octanol–water partition coefficient (Wildman–Crippen LogP) is 0.554. The van der Waals surface area contributed by atoms with E-state index >= 15 is 0 Å². The molecule has 1 aromatic heterocycles. The van der Waals surface area contributed by atoms with Gasteiger partial charge in [0.25, 0.3) is 5.91 Å². The Labute approximate surface area is 99.7 Å². The fourth-order valence-electron chi connectivity index (χ4n) is 1.43. The van der Waals surface area contributed by atoms with Crippen LogP contribution in [0.15, 0.2) is 12.3 Å². The summed E-state index contributed by atoms with van der Waals surface area (Å²) in [5.41, 5.74) is 6.59. The zero-order valence-electron chi connectivity index (χ0n) is 10.2. The zero-order chi connectivity index (χ0) is 13.0. The van der Waals surface area contributed by atoms with Gasteiger partial charge in [-0.1, -0.05) is 0 Å². The number of hydrogen-bond acceptors (Lipinski definition) is 4. The third-order valence-corrected chi connectivity index (χ3v) is 2.28. The van der Waals surface area contributed by atoms with Crippen LogP contribution in [-0.4, -0.2) is 30.1 Å². The van der Waals surface area contributed by atoms with Crippen LogP contribution in [0.2, 0.25) is 0 Å². The number of methoxy groups -OCH3 is 1. The molecule has 1 amide bonds. The Hall–Kier alpha value is -1.98. The van der Waals surface area contributed by atoms with Crippen molar-refractivity contribution in [1.29, 1.82) is 0 Å². The van der Waals surface area contributed by atoms with Gasteiger partial charge in [0.15, 0.2) is 0 Å². The maximum Gasteiger partial charge on any atom is 0.325 e. The third kappa shape index (κ3) is 3.24. The van der Waals surface area contributed by atoms with E-state index in [9.17, 15) is 9.59 Å². The maximum absolute atomic E-state index is 11.8. The molecule has 94 valence electrons. The van der Waals surface area contributed by atoms with Crippen molar-refractivity contribution in [1.82, 2.24) is 9.88 Å². The van der Waals surface area contributed by atoms with Crippen LogP contribution in [0, 0.1) is 0 Å². The van der Waals surface area contributed by atoms with E-state index in [4.69, 9.17) is 5.73 Å². The minimum absolute atomic E-state index is 0.117. The standard InChI is InChI=1S/C11H17N3O3/c1-7(2)14-6-8(12)4-9(14)11(16)13-5-10(15)17-3/h4,6-7H,5,12H2,1-3H3,(H,13,16). The van der Waals surface area contributed by atoms with E-state index in [1.165, 1.54) is 7.11 Å². The lowest BCUT2D eigenvalue weighted by atomic mass is 10.3. The van der Waals surface area contributed by atoms with Gasteiger partial charge in [0.2, 0.25) is 0 Å². The van der Waals surface area contributed by atoms with E-state index in [0.717, 1.165) is 0 Å². The van der Waals surface area contributed by atoms with Crippen molar-refractivity contribution in [3.05, 3.63) is 18.0 Å². The largest absolute Gasteiger partial charge is 0.468 e. The average Bonchev–Trinajstić information content (AvgIpc) is 2.67. The zero-order valence-corrected chi connectivity index (χ0v) is 10.2. The normalized spacial score (nSPS) is 10.4. The molecule has 0 aliphatic heterocycles. The molecule has 0 saturated heterocycles. The highest BCUT2D eigenvalue weighted by atomic mass is 16.5. The second kappa shape index (κ2) is 5.38. The van der Waals surface area contributed by atoms with Crippen molar-refractivity contribution in [2.24, 2.45) is 0 Å². The molecule has 6 nitrogen and oxygen atoms in total. The van der Waals surface area contributed by atoms with Gasteiger partial charge >= 0.3 is 5.97 Å². The van der Waals surface area contributed by atoms with Gasteiger partial charge < -0.3 is 20.4 Å². The van der Waals surface area contributed by atoms with Gasteiger partial charge in [0.05, 0.1) is 12.8 Å². The van der Waals surface area contributed by atoms with Crippen LogP contribution < -0.4 is 11.1 Å². The molecule has 0 saturated carbocycles. The fraction of sp³-hybridized carbons (Fsp3) is 0.455. The second-order valence-corrected chi connectivity index (χ2v) is 3.92. The summed E-state index contributed by atoms with van der Waals surface area (Å²) in [4.78, 5) is 22.7. The van der Waals surface area contributed by atoms with Crippen LogP contribution in [-0.2, 0) is 9.53 Å². The summed E-state index contributed by atoms with van der Waals surface area (Å²) < 4.78 is 6.19. The van der Waals surface area contributed by atoms with Gasteiger partial charge in [0, 0.05) is 12.2 Å². The summed E-state index contributed by atoms with van der Waals surface area (Å²) in [6.07, 6.45) is 1.69. The number of hydrogen-bond donors (Lipinski definition) is 2. The van der Waals surface area contributed by atoms with Crippen LogP contribution in [0.3, 0.4) is 0 Å². The number of ether oxygens (including phenoxy) is 1. The number of aromatic nitrogens is 1. The smallest absolute Gasteiger partial charge is 0.325 e. The van der Waals surface area contributed by atoms with E-state index in [1.807, 2.05) is 13.8 Å². The monoisotopic (exact) mass is 239 g/mol. The Bertz CT molecular complexity index is 424. The second-order valence-electron chi connectivity index (χ2n) is 3.92. The highest BCUT2D eigenvalue weighted by Crippen LogP contribution is 2.16. The average molecular weight is 239 g/mol. The molecule has 0 radical (unpaired) electrons. The highest BCUT2D eigenvalue weighted by molar-refractivity contribution is 5.95. The Morgan fingerprint density at radius 1 is 1.53 bits per heavy atom. The van der Waals surface area contributed by atoms with Crippen LogP contribution in [0.5, 0.6) is 0 Å². The Kier molecular flexibility index (Phi) is 4.14. The van der Waals surface area contributed by atoms with Crippen LogP contribution in [0.25, 0.3) is 0 Å². The van der Waals surface area contributed by atoms with Crippen molar-refractivity contribution in [2.45, 2.75) is 19.9 Å². The summed E-state index contributed by atoms with van der Waals surface area (Å²) in [7, 11) is 1.27. The number of nitrogens with one attached hydrogen (secondary N) is 1. The van der Waals surface area contributed by atoms with Gasteiger partial charge in [-0.05, 0) is 19.9 Å². The number of carbonyl (C=O) groups excluding carboxylic acids is 2. The molecule has 17 heavy (non-hydrogen) atoms. The summed E-state index contributed by atoms with van der Waals surface area (Å²) in [6, 6.07) is 1.69. The Morgan fingerprint density at radius 2 is 2.18 bits per heavy atom. The molecule has 1 heterocycles. The number of anilines is 1. The SMILES string of the molecule is COC(=O)CNC(=O)c1cc(N)cn1C(C)C. The number of nitrogens with zero attached hydrogens (tertiary/aromatic N) is 1. The van der Waals surface area contributed by atoms with Crippen molar-refractivity contribution in [3.63, 3.8) is 0 Å². The lowest BCUT2D eigenvalue weighted by molar-refractivity contribution is -0.139. The molecule has 0 aromatic carbocycles. The molecule has 1 rings (SSSR count). The predicted molar refractivity (Wildman–Crippen MR) is 63.6 cm³/mol. The third-order valence-electron chi connectivity index (χ3n) is 2.28. The van der Waals surface area contributed by atoms with Gasteiger partial charge in [-0.15, -0.1) is 0 Å². The minimum Gasteiger partial charge on any atom is -0.468 e. The van der Waals surface area contributed by atoms with E-state index in [-0.39, 0.29) is 18.5 Å². The van der Waals surface area contributed by atoms with Crippen molar-refractivity contribution in [3.8, 4) is 0 Å². The van der Waals surface area contributed by atoms with Gasteiger partial charge in [-0.25, -0.2) is 0 Å². The molecule has 1 aromatic rings. The molecular formula is C11H17N3O3. The number of esters is 1. The first-order valence-electron chi connectivity index (χ1n) is 5.28. The van der Waals surface area contributed by atoms with Crippen molar-refractivity contribution < 1.29 is 14.3 Å². The molecule has 0 fully saturated rings. The quantitative estimate of drug-likeness (QED) is 0.751. The molecule has 0 atom stereocenters. The number of carbonyl (C=O) groups is 2. The molecular weight excluding hydrogens is 222 g/mol. The van der Waals surface area contributed by atoms with E-state index in [0.29, 0.717) is 11.4 Å². The first kappa shape index (κ1) is 13.1. The molecule has 0 aliphatic rings. The topological polar surface area (TPSA) is 86.3 Å². The van der Waals surface area contributed by atoms with E-state index in [1.54, 1.807) is 16.8 Å².